The normalized spacial score (nSPS) is 20.0. The minimum absolute atomic E-state index is 0.109. The van der Waals surface area contributed by atoms with Gasteiger partial charge < -0.3 is 4.84 Å². The Labute approximate surface area is 147 Å². The average molecular weight is 366 g/mol. The molecular formula is C17H22N2O5S. The smallest absolute Gasteiger partial charge is 0.264 e. The minimum atomic E-state index is -3.77. The number of carbonyl (C=O) groups excluding carboxylic acids is 1. The molecular weight excluding hydrogens is 344 g/mol. The summed E-state index contributed by atoms with van der Waals surface area (Å²) < 4.78 is 22.2. The largest absolute Gasteiger partial charge is 0.392 e. The molecule has 1 heterocycles. The van der Waals surface area contributed by atoms with Crippen LogP contribution in [0.1, 0.15) is 37.8 Å². The van der Waals surface area contributed by atoms with Crippen LogP contribution in [0.3, 0.4) is 0 Å². The van der Waals surface area contributed by atoms with Gasteiger partial charge in [-0.3, -0.25) is 10.0 Å². The lowest BCUT2D eigenvalue weighted by molar-refractivity contribution is -0.132. The molecule has 2 unspecified atom stereocenters. The van der Waals surface area contributed by atoms with E-state index in [1.165, 1.54) is 12.4 Å². The van der Waals surface area contributed by atoms with E-state index in [-0.39, 0.29) is 6.42 Å². The van der Waals surface area contributed by atoms with Gasteiger partial charge in [0.25, 0.3) is 5.91 Å². The third kappa shape index (κ3) is 4.08. The lowest BCUT2D eigenvalue weighted by atomic mass is 9.96. The summed E-state index contributed by atoms with van der Waals surface area (Å²) in [6, 6.07) is 7.72. The molecule has 2 N–H and O–H groups in total. The van der Waals surface area contributed by atoms with Gasteiger partial charge in [-0.25, -0.2) is 13.9 Å². The molecule has 0 saturated heterocycles. The van der Waals surface area contributed by atoms with Crippen LogP contribution >= 0.6 is 0 Å². The van der Waals surface area contributed by atoms with Gasteiger partial charge in [-0.1, -0.05) is 41.6 Å². The Bertz CT molecular complexity index is 799. The summed E-state index contributed by atoms with van der Waals surface area (Å²) in [7, 11) is -3.77. The van der Waals surface area contributed by atoms with Crippen molar-refractivity contribution in [3.8, 4) is 0 Å². The van der Waals surface area contributed by atoms with E-state index >= 15 is 0 Å². The first kappa shape index (κ1) is 19.1. The van der Waals surface area contributed by atoms with Gasteiger partial charge in [-0.2, -0.15) is 0 Å². The Morgan fingerprint density at radius 2 is 2.08 bits per heavy atom. The molecule has 0 aromatic heterocycles. The third-order valence-corrected chi connectivity index (χ3v) is 6.34. The van der Waals surface area contributed by atoms with Crippen LogP contribution in [-0.2, 0) is 19.5 Å². The fraction of sp³-hybridized carbons (Fsp3) is 0.412. The second-order valence-corrected chi connectivity index (χ2v) is 8.68. The van der Waals surface area contributed by atoms with Crippen LogP contribution in [0, 0.1) is 0 Å². The zero-order valence-electron chi connectivity index (χ0n) is 14.4. The molecule has 2 atom stereocenters. The number of carbonyl (C=O) groups is 1. The number of hydroxylamine groups is 1. The number of rotatable bonds is 6. The summed E-state index contributed by atoms with van der Waals surface area (Å²) in [6.07, 6.45) is 4.58. The highest BCUT2D eigenvalue weighted by Crippen LogP contribution is 2.29. The molecule has 0 aliphatic carbocycles. The van der Waals surface area contributed by atoms with Crippen LogP contribution in [0.5, 0.6) is 0 Å². The van der Waals surface area contributed by atoms with Crippen molar-refractivity contribution in [1.29, 1.82) is 0 Å². The molecule has 1 aromatic carbocycles. The highest BCUT2D eigenvalue weighted by atomic mass is 32.2. The Hall–Kier alpha value is -2.19. The summed E-state index contributed by atoms with van der Waals surface area (Å²) >= 11 is 0. The molecule has 25 heavy (non-hydrogen) atoms. The molecule has 0 saturated carbocycles. The van der Waals surface area contributed by atoms with E-state index in [1.54, 1.807) is 0 Å². The molecule has 8 heteroatoms. The molecule has 0 radical (unpaired) electrons. The van der Waals surface area contributed by atoms with Crippen molar-refractivity contribution in [3.05, 3.63) is 41.5 Å². The van der Waals surface area contributed by atoms with Crippen LogP contribution in [0.15, 0.2) is 35.5 Å². The van der Waals surface area contributed by atoms with Crippen molar-refractivity contribution in [1.82, 2.24) is 5.48 Å². The topological polar surface area (TPSA) is 105 Å². The van der Waals surface area contributed by atoms with Gasteiger partial charge in [-0.05, 0) is 25.0 Å². The van der Waals surface area contributed by atoms with E-state index in [0.29, 0.717) is 12.1 Å². The zero-order chi connectivity index (χ0) is 18.7. The zero-order valence-corrected chi connectivity index (χ0v) is 15.2. The third-order valence-electron chi connectivity index (χ3n) is 4.35. The second kappa shape index (κ2) is 7.37. The number of allylic oxidation sites excluding steroid dienone is 1. The number of nitrogens with one attached hydrogen (secondary N) is 1. The van der Waals surface area contributed by atoms with Crippen molar-refractivity contribution in [2.75, 3.05) is 6.26 Å². The lowest BCUT2D eigenvalue weighted by Crippen LogP contribution is -2.51. The maximum atomic E-state index is 12.0. The predicted molar refractivity (Wildman–Crippen MR) is 95.0 cm³/mol. The van der Waals surface area contributed by atoms with Crippen molar-refractivity contribution in [2.24, 2.45) is 5.16 Å². The second-order valence-electron chi connectivity index (χ2n) is 6.24. The minimum Gasteiger partial charge on any atom is -0.392 e. The van der Waals surface area contributed by atoms with Crippen molar-refractivity contribution in [2.45, 2.75) is 37.5 Å². The van der Waals surface area contributed by atoms with Crippen LogP contribution in [0.25, 0.3) is 6.08 Å². The number of hydrogen-bond acceptors (Lipinski definition) is 6. The summed E-state index contributed by atoms with van der Waals surface area (Å²) in [6.45, 7) is 3.20. The molecule has 1 aliphatic rings. The van der Waals surface area contributed by atoms with E-state index in [4.69, 9.17) is 10.0 Å². The van der Waals surface area contributed by atoms with Crippen molar-refractivity contribution in [3.63, 3.8) is 0 Å². The van der Waals surface area contributed by atoms with E-state index in [0.717, 1.165) is 17.4 Å². The number of nitrogens with zero attached hydrogens (tertiary/aromatic N) is 1. The molecule has 0 fully saturated rings. The Morgan fingerprint density at radius 3 is 2.60 bits per heavy atom. The molecule has 1 amide bonds. The average Bonchev–Trinajstić information content (AvgIpc) is 3.02. The Balaban J connectivity index is 2.12. The Kier molecular flexibility index (Phi) is 5.64. The number of oxime groups is 1. The van der Waals surface area contributed by atoms with E-state index < -0.39 is 26.6 Å². The van der Waals surface area contributed by atoms with Gasteiger partial charge in [0, 0.05) is 19.1 Å². The number of hydrogen-bond donors (Lipinski definition) is 2. The number of sulfone groups is 1. The highest BCUT2D eigenvalue weighted by molar-refractivity contribution is 7.92. The quantitative estimate of drug-likeness (QED) is 0.591. The van der Waals surface area contributed by atoms with E-state index in [2.05, 4.69) is 5.16 Å². The predicted octanol–water partition coefficient (Wildman–Crippen LogP) is 1.91. The van der Waals surface area contributed by atoms with Gasteiger partial charge in [0.15, 0.2) is 14.6 Å². The molecule has 136 valence electrons. The highest BCUT2D eigenvalue weighted by Gasteiger charge is 2.47. The van der Waals surface area contributed by atoms with Crippen LogP contribution < -0.4 is 5.48 Å². The molecule has 1 aromatic rings. The SMILES string of the molecule is CC=Cc1ccc(C2=NOC(CC(C)(C(=O)NO)S(C)(=O)=O)C2)cc1. The van der Waals surface area contributed by atoms with Crippen molar-refractivity contribution >= 4 is 27.5 Å². The monoisotopic (exact) mass is 366 g/mol. The van der Waals surface area contributed by atoms with Gasteiger partial charge >= 0.3 is 0 Å². The fourth-order valence-corrected chi connectivity index (χ4v) is 3.52. The molecule has 0 spiro atoms. The molecule has 2 rings (SSSR count). The summed E-state index contributed by atoms with van der Waals surface area (Å²) in [5, 5.41) is 12.9. The summed E-state index contributed by atoms with van der Waals surface area (Å²) in [5.74, 6) is -0.984. The van der Waals surface area contributed by atoms with Gasteiger partial charge in [0.2, 0.25) is 0 Å². The lowest BCUT2D eigenvalue weighted by Gasteiger charge is -2.26. The summed E-state index contributed by atoms with van der Waals surface area (Å²) in [4.78, 5) is 17.2. The van der Waals surface area contributed by atoms with E-state index in [9.17, 15) is 13.2 Å². The van der Waals surface area contributed by atoms with Gasteiger partial charge in [0.05, 0.1) is 5.71 Å². The first-order chi connectivity index (χ1) is 11.7. The maximum absolute atomic E-state index is 12.0. The number of benzene rings is 1. The molecule has 1 aliphatic heterocycles. The fourth-order valence-electron chi connectivity index (χ4n) is 2.65. The van der Waals surface area contributed by atoms with Crippen LogP contribution in [-0.4, -0.2) is 42.4 Å². The van der Waals surface area contributed by atoms with Gasteiger partial charge in [0.1, 0.15) is 6.10 Å². The molecule has 0 bridgehead atoms. The van der Waals surface area contributed by atoms with Gasteiger partial charge in [-0.15, -0.1) is 0 Å². The molecule has 7 nitrogen and oxygen atoms in total. The van der Waals surface area contributed by atoms with E-state index in [1.807, 2.05) is 43.3 Å². The van der Waals surface area contributed by atoms with Crippen LogP contribution in [0.4, 0.5) is 0 Å². The summed E-state index contributed by atoms with van der Waals surface area (Å²) in [5.41, 5.74) is 4.06. The number of amides is 1. The van der Waals surface area contributed by atoms with Crippen LogP contribution in [0.2, 0.25) is 0 Å². The van der Waals surface area contributed by atoms with Crippen molar-refractivity contribution < 1.29 is 23.3 Å². The Morgan fingerprint density at radius 1 is 1.44 bits per heavy atom. The standard InChI is InChI=1S/C17H22N2O5S/c1-4-5-12-6-8-13(9-7-12)15-10-14(24-19-15)11-17(2,16(20)18-21)25(3,22)23/h4-9,14,21H,10-11H2,1-3H3,(H,18,20). The first-order valence-electron chi connectivity index (χ1n) is 7.81. The first-order valence-corrected chi connectivity index (χ1v) is 9.70. The maximum Gasteiger partial charge on any atom is 0.264 e.